The quantitative estimate of drug-likeness (QED) is 0.628. The number of carbonyl (C=O) groups is 1. The summed E-state index contributed by atoms with van der Waals surface area (Å²) < 4.78 is 39.6. The lowest BCUT2D eigenvalue weighted by molar-refractivity contribution is -0.137. The second-order valence-electron chi connectivity index (χ2n) is 7.64. The molecule has 0 aromatic heterocycles. The van der Waals surface area contributed by atoms with Gasteiger partial charge in [-0.3, -0.25) is 4.79 Å². The van der Waals surface area contributed by atoms with E-state index < -0.39 is 11.9 Å². The van der Waals surface area contributed by atoms with Crippen molar-refractivity contribution in [3.05, 3.63) is 70.3 Å². The molecule has 1 aliphatic heterocycles. The number of aliphatic carboxylic acids is 1. The zero-order valence-corrected chi connectivity index (χ0v) is 17.2. The molecule has 0 aliphatic carbocycles. The molecule has 0 radical (unpaired) electrons. The van der Waals surface area contributed by atoms with Gasteiger partial charge in [0, 0.05) is 18.9 Å². The van der Waals surface area contributed by atoms with Crippen LogP contribution in [0.3, 0.4) is 0 Å². The van der Waals surface area contributed by atoms with Crippen LogP contribution in [0, 0.1) is 6.92 Å². The molecule has 0 unspecified atom stereocenters. The Kier molecular flexibility index (Phi) is 6.87. The Hall–Kier alpha value is -2.73. The fourth-order valence-corrected chi connectivity index (χ4v) is 3.55. The van der Waals surface area contributed by atoms with Crippen LogP contribution in [0.15, 0.2) is 48.0 Å². The van der Waals surface area contributed by atoms with Crippen molar-refractivity contribution in [2.45, 2.75) is 39.0 Å². The van der Waals surface area contributed by atoms with Crippen molar-refractivity contribution in [2.75, 3.05) is 19.8 Å². The van der Waals surface area contributed by atoms with Crippen LogP contribution in [0.1, 0.15) is 42.0 Å². The largest absolute Gasteiger partial charge is 0.489 e. The first-order valence-corrected chi connectivity index (χ1v) is 9.95. The highest BCUT2D eigenvalue weighted by Crippen LogP contribution is 2.34. The number of hydrogen-bond donors (Lipinski definition) is 1. The lowest BCUT2D eigenvalue weighted by atomic mass is 9.95. The van der Waals surface area contributed by atoms with E-state index >= 15 is 0 Å². The van der Waals surface area contributed by atoms with Gasteiger partial charge in [-0.1, -0.05) is 35.9 Å². The fourth-order valence-electron chi connectivity index (χ4n) is 3.55. The molecule has 30 heavy (non-hydrogen) atoms. The van der Waals surface area contributed by atoms with Gasteiger partial charge in [0.25, 0.3) is 5.92 Å². The van der Waals surface area contributed by atoms with E-state index in [4.69, 9.17) is 14.6 Å². The van der Waals surface area contributed by atoms with Gasteiger partial charge >= 0.3 is 5.97 Å². The third-order valence-corrected chi connectivity index (χ3v) is 5.18. The minimum atomic E-state index is -3.09. The van der Waals surface area contributed by atoms with E-state index in [0.717, 1.165) is 24.5 Å². The topological polar surface area (TPSA) is 55.8 Å². The van der Waals surface area contributed by atoms with Gasteiger partial charge in [-0.25, -0.2) is 8.78 Å². The number of carboxylic acids is 1. The van der Waals surface area contributed by atoms with Gasteiger partial charge in [0.2, 0.25) is 0 Å². The van der Waals surface area contributed by atoms with E-state index in [1.54, 1.807) is 6.07 Å². The van der Waals surface area contributed by atoms with E-state index in [2.05, 4.69) is 24.3 Å². The molecule has 2 aromatic rings. The Morgan fingerprint density at radius 1 is 1.20 bits per heavy atom. The Bertz CT molecular complexity index is 927. The van der Waals surface area contributed by atoms with Crippen molar-refractivity contribution >= 4 is 11.5 Å². The highest BCUT2D eigenvalue weighted by atomic mass is 19.3. The summed E-state index contributed by atoms with van der Waals surface area (Å²) in [5, 5.41) is 8.86. The van der Waals surface area contributed by atoms with Gasteiger partial charge in [0.05, 0.1) is 13.2 Å². The molecule has 1 aliphatic rings. The SMILES string of the molecule is Cc1ccc(C2=C(COc3ccc(CCC(=O)O)c(C(C)(F)F)c3)COCC2)cc1. The van der Waals surface area contributed by atoms with Gasteiger partial charge in [-0.2, -0.15) is 0 Å². The number of benzene rings is 2. The number of ether oxygens (including phenoxy) is 2. The van der Waals surface area contributed by atoms with Gasteiger partial charge in [-0.05, 0) is 54.2 Å². The standard InChI is InChI=1S/C24H26F2O4/c1-16-3-5-17(6-4-16)21-11-12-29-14-19(21)15-30-20-9-7-18(8-10-23(27)28)22(13-20)24(2,25)26/h3-7,9,13H,8,10-12,14-15H2,1-2H3,(H,27,28). The number of carboxylic acid groups (broad SMARTS) is 1. The summed E-state index contributed by atoms with van der Waals surface area (Å²) in [6, 6.07) is 12.7. The smallest absolute Gasteiger partial charge is 0.303 e. The van der Waals surface area contributed by atoms with Gasteiger partial charge < -0.3 is 14.6 Å². The average Bonchev–Trinajstić information content (AvgIpc) is 2.71. The summed E-state index contributed by atoms with van der Waals surface area (Å²) in [4.78, 5) is 10.8. The van der Waals surface area contributed by atoms with E-state index in [9.17, 15) is 13.6 Å². The minimum Gasteiger partial charge on any atom is -0.489 e. The van der Waals surface area contributed by atoms with Crippen molar-refractivity contribution in [3.8, 4) is 5.75 Å². The maximum Gasteiger partial charge on any atom is 0.303 e. The second-order valence-corrected chi connectivity index (χ2v) is 7.64. The van der Waals surface area contributed by atoms with Crippen molar-refractivity contribution in [1.82, 2.24) is 0 Å². The molecule has 0 saturated carbocycles. The molecule has 0 bridgehead atoms. The predicted octanol–water partition coefficient (Wildman–Crippen LogP) is 5.38. The molecule has 0 fully saturated rings. The summed E-state index contributed by atoms with van der Waals surface area (Å²) in [5.41, 5.74) is 4.57. The lowest BCUT2D eigenvalue weighted by Crippen LogP contribution is -2.17. The molecule has 1 N–H and O–H groups in total. The zero-order chi connectivity index (χ0) is 21.7. The van der Waals surface area contributed by atoms with Crippen molar-refractivity contribution < 1.29 is 28.2 Å². The highest BCUT2D eigenvalue weighted by Gasteiger charge is 2.28. The summed E-state index contributed by atoms with van der Waals surface area (Å²) in [6.45, 7) is 4.16. The summed E-state index contributed by atoms with van der Waals surface area (Å²) in [7, 11) is 0. The van der Waals surface area contributed by atoms with E-state index in [1.165, 1.54) is 23.3 Å². The summed E-state index contributed by atoms with van der Waals surface area (Å²) in [5.74, 6) is -3.78. The van der Waals surface area contributed by atoms with Crippen molar-refractivity contribution in [2.24, 2.45) is 0 Å². The van der Waals surface area contributed by atoms with Crippen LogP contribution in [-0.4, -0.2) is 30.9 Å². The Balaban J connectivity index is 1.81. The third-order valence-electron chi connectivity index (χ3n) is 5.18. The number of hydrogen-bond acceptors (Lipinski definition) is 3. The third kappa shape index (κ3) is 5.66. The first-order valence-electron chi connectivity index (χ1n) is 9.95. The van der Waals surface area contributed by atoms with Crippen LogP contribution in [0.2, 0.25) is 0 Å². The van der Waals surface area contributed by atoms with E-state index in [-0.39, 0.29) is 25.0 Å². The van der Waals surface area contributed by atoms with E-state index in [1.807, 2.05) is 6.92 Å². The molecule has 6 heteroatoms. The second kappa shape index (κ2) is 9.39. The van der Waals surface area contributed by atoms with Crippen LogP contribution >= 0.6 is 0 Å². The number of rotatable bonds is 8. The molecule has 0 amide bonds. The van der Waals surface area contributed by atoms with Gasteiger partial charge in [-0.15, -0.1) is 0 Å². The first-order chi connectivity index (χ1) is 14.2. The molecule has 4 nitrogen and oxygen atoms in total. The molecule has 0 saturated heterocycles. The molecule has 0 spiro atoms. The molecule has 0 atom stereocenters. The fraction of sp³-hybridized carbons (Fsp3) is 0.375. The predicted molar refractivity (Wildman–Crippen MR) is 111 cm³/mol. The molecular weight excluding hydrogens is 390 g/mol. The molecule has 3 rings (SSSR count). The molecule has 1 heterocycles. The highest BCUT2D eigenvalue weighted by molar-refractivity contribution is 5.70. The van der Waals surface area contributed by atoms with Crippen LogP contribution in [0.5, 0.6) is 5.75 Å². The van der Waals surface area contributed by atoms with E-state index in [0.29, 0.717) is 24.5 Å². The maximum absolute atomic E-state index is 14.1. The van der Waals surface area contributed by atoms with Crippen LogP contribution in [-0.2, 0) is 21.9 Å². The number of alkyl halides is 2. The zero-order valence-electron chi connectivity index (χ0n) is 17.2. The summed E-state index contributed by atoms with van der Waals surface area (Å²) in [6.07, 6.45) is 0.618. The molecule has 160 valence electrons. The minimum absolute atomic E-state index is 0.0466. The lowest BCUT2D eigenvalue weighted by Gasteiger charge is -2.22. The first kappa shape index (κ1) is 22.0. The van der Waals surface area contributed by atoms with Gasteiger partial charge in [0.15, 0.2) is 0 Å². The molecule has 2 aromatic carbocycles. The number of halogens is 2. The Labute approximate surface area is 175 Å². The van der Waals surface area contributed by atoms with Gasteiger partial charge in [0.1, 0.15) is 12.4 Å². The average molecular weight is 416 g/mol. The Morgan fingerprint density at radius 2 is 1.93 bits per heavy atom. The summed E-state index contributed by atoms with van der Waals surface area (Å²) >= 11 is 0. The van der Waals surface area contributed by atoms with Crippen LogP contribution in [0.25, 0.3) is 5.57 Å². The van der Waals surface area contributed by atoms with Crippen LogP contribution in [0.4, 0.5) is 8.78 Å². The molecular formula is C24H26F2O4. The van der Waals surface area contributed by atoms with Crippen molar-refractivity contribution in [1.29, 1.82) is 0 Å². The maximum atomic E-state index is 14.1. The monoisotopic (exact) mass is 416 g/mol. The Morgan fingerprint density at radius 3 is 2.60 bits per heavy atom. The number of aryl methyl sites for hydroxylation is 2. The van der Waals surface area contributed by atoms with Crippen LogP contribution < -0.4 is 4.74 Å². The normalized spacial score (nSPS) is 14.7. The van der Waals surface area contributed by atoms with Crippen molar-refractivity contribution in [3.63, 3.8) is 0 Å².